The maximum absolute atomic E-state index is 9.53. The van der Waals surface area contributed by atoms with Crippen LogP contribution in [0.2, 0.25) is 5.02 Å². The number of hydrogen-bond donors (Lipinski definition) is 4. The molecule has 0 aliphatic rings. The molecule has 8 heteroatoms. The predicted molar refractivity (Wildman–Crippen MR) is 124 cm³/mol. The summed E-state index contributed by atoms with van der Waals surface area (Å²) in [5.74, 6) is 0.106. The average molecular weight is 436 g/mol. The molecular weight excluding hydrogens is 418 g/mol. The van der Waals surface area contributed by atoms with E-state index in [4.69, 9.17) is 22.7 Å². The van der Waals surface area contributed by atoms with Crippen molar-refractivity contribution in [2.75, 3.05) is 0 Å². The molecule has 6 nitrogen and oxygen atoms in total. The van der Waals surface area contributed by atoms with E-state index >= 15 is 0 Å². The molecule has 0 amide bonds. The minimum atomic E-state index is 0.106. The van der Waals surface area contributed by atoms with Crippen molar-refractivity contribution in [1.29, 1.82) is 5.41 Å². The molecule has 2 aromatic carbocycles. The molecule has 4 N–H and O–H groups in total. The molecule has 0 radical (unpaired) electrons. The van der Waals surface area contributed by atoms with E-state index in [2.05, 4.69) is 27.6 Å². The van der Waals surface area contributed by atoms with E-state index in [0.29, 0.717) is 16.8 Å². The van der Waals surface area contributed by atoms with Gasteiger partial charge >= 0.3 is 0 Å². The summed E-state index contributed by atoms with van der Waals surface area (Å²) in [6.45, 7) is 0. The molecule has 0 bridgehead atoms. The first kappa shape index (κ1) is 21.3. The molecule has 0 atom stereocenters. The normalized spacial score (nSPS) is 10.9. The van der Waals surface area contributed by atoms with Gasteiger partial charge in [-0.25, -0.2) is 4.98 Å². The number of fused-ring (bicyclic) bond motifs is 1. The number of nitrogens with zero attached hydrogens (tertiary/aromatic N) is 3. The smallest absolute Gasteiger partial charge is 0.134 e. The summed E-state index contributed by atoms with van der Waals surface area (Å²) in [6.07, 6.45) is 7.10. The number of hydrogen-bond acceptors (Lipinski definition) is 7. The highest BCUT2D eigenvalue weighted by Crippen LogP contribution is 2.25. The van der Waals surface area contributed by atoms with Crippen LogP contribution in [0.25, 0.3) is 27.7 Å². The van der Waals surface area contributed by atoms with Crippen LogP contribution < -0.4 is 5.73 Å². The van der Waals surface area contributed by atoms with Crippen molar-refractivity contribution in [3.63, 3.8) is 0 Å². The molecule has 4 rings (SSSR count). The Labute approximate surface area is 184 Å². The van der Waals surface area contributed by atoms with E-state index in [1.54, 1.807) is 24.5 Å². The maximum Gasteiger partial charge on any atom is 0.134 e. The van der Waals surface area contributed by atoms with Crippen LogP contribution >= 0.6 is 24.2 Å². The number of aromatic nitrogens is 3. The van der Waals surface area contributed by atoms with Crippen LogP contribution in [0.15, 0.2) is 78.2 Å². The number of allylic oxidation sites excluding steroid dienone is 1. The standard InChI is InChI=1S/C16H13N5O.C6H5ClS/c17-5-12(6-18)16-9-20-14-2-1-10(4-15(14)21-16)11-3-13(22)8-19-7-11;7-5-2-1-3-6(8)4-5/h1-9,17,22H,18H2;1-4,8H/b12-6+,17-5?;. The van der Waals surface area contributed by atoms with Crippen molar-refractivity contribution in [3.8, 4) is 16.9 Å². The van der Waals surface area contributed by atoms with E-state index < -0.39 is 0 Å². The van der Waals surface area contributed by atoms with Crippen LogP contribution in [0.3, 0.4) is 0 Å². The second-order valence-corrected chi connectivity index (χ2v) is 7.09. The molecule has 0 unspecified atom stereocenters. The number of thiol groups is 1. The summed E-state index contributed by atoms with van der Waals surface area (Å²) >= 11 is 9.67. The fourth-order valence-electron chi connectivity index (χ4n) is 2.60. The quantitative estimate of drug-likeness (QED) is 0.268. The van der Waals surface area contributed by atoms with Gasteiger partial charge in [0.15, 0.2) is 0 Å². The third-order valence-corrected chi connectivity index (χ3v) is 4.55. The fourth-order valence-corrected chi connectivity index (χ4v) is 3.09. The van der Waals surface area contributed by atoms with Crippen LogP contribution in [-0.2, 0) is 0 Å². The lowest BCUT2D eigenvalue weighted by atomic mass is 10.1. The lowest BCUT2D eigenvalue weighted by molar-refractivity contribution is 0.473. The molecule has 0 aliphatic heterocycles. The van der Waals surface area contributed by atoms with Crippen molar-refractivity contribution in [2.45, 2.75) is 4.90 Å². The molecule has 2 aromatic heterocycles. The third kappa shape index (κ3) is 5.34. The summed E-state index contributed by atoms with van der Waals surface area (Å²) in [4.78, 5) is 13.7. The Hall–Kier alpha value is -3.42. The molecular formula is C22H18ClN5OS. The molecule has 30 heavy (non-hydrogen) atoms. The third-order valence-electron chi connectivity index (χ3n) is 4.04. The molecule has 0 aliphatic carbocycles. The average Bonchev–Trinajstić information content (AvgIpc) is 2.74. The van der Waals surface area contributed by atoms with Gasteiger partial charge in [0.2, 0.25) is 0 Å². The van der Waals surface area contributed by atoms with Crippen LogP contribution in [0.5, 0.6) is 5.75 Å². The first-order valence-corrected chi connectivity index (χ1v) is 9.61. The highest BCUT2D eigenvalue weighted by atomic mass is 35.5. The minimum absolute atomic E-state index is 0.106. The number of aromatic hydroxyl groups is 1. The lowest BCUT2D eigenvalue weighted by Crippen LogP contribution is -1.96. The van der Waals surface area contributed by atoms with Crippen LogP contribution in [0.1, 0.15) is 5.69 Å². The van der Waals surface area contributed by atoms with Gasteiger partial charge in [0.05, 0.1) is 29.1 Å². The Morgan fingerprint density at radius 3 is 2.50 bits per heavy atom. The van der Waals surface area contributed by atoms with Crippen molar-refractivity contribution in [3.05, 3.63) is 84.0 Å². The first-order valence-electron chi connectivity index (χ1n) is 8.78. The van der Waals surface area contributed by atoms with Crippen molar-refractivity contribution >= 4 is 47.1 Å². The van der Waals surface area contributed by atoms with E-state index in [1.165, 1.54) is 12.4 Å². The van der Waals surface area contributed by atoms with Crippen molar-refractivity contribution < 1.29 is 5.11 Å². The number of nitrogens with one attached hydrogen (secondary N) is 1. The molecule has 4 aromatic rings. The number of nitrogens with two attached hydrogens (primary N) is 1. The molecule has 150 valence electrons. The van der Waals surface area contributed by atoms with E-state index in [0.717, 1.165) is 32.8 Å². The van der Waals surface area contributed by atoms with Gasteiger partial charge in [-0.2, -0.15) is 0 Å². The monoisotopic (exact) mass is 435 g/mol. The van der Waals surface area contributed by atoms with E-state index in [9.17, 15) is 5.11 Å². The molecule has 0 spiro atoms. The van der Waals surface area contributed by atoms with Crippen molar-refractivity contribution in [2.24, 2.45) is 5.73 Å². The number of rotatable bonds is 3. The zero-order chi connectivity index (χ0) is 21.5. The molecule has 0 fully saturated rings. The zero-order valence-electron chi connectivity index (χ0n) is 15.7. The number of benzene rings is 2. The first-order chi connectivity index (χ1) is 14.5. The van der Waals surface area contributed by atoms with E-state index in [-0.39, 0.29) is 5.75 Å². The molecule has 0 saturated carbocycles. The van der Waals surface area contributed by atoms with Gasteiger partial charge in [0.25, 0.3) is 0 Å². The van der Waals surface area contributed by atoms with Crippen LogP contribution in [-0.4, -0.2) is 26.3 Å². The van der Waals surface area contributed by atoms with Gasteiger partial charge in [-0.15, -0.1) is 12.6 Å². The second-order valence-electron chi connectivity index (χ2n) is 6.14. The molecule has 0 saturated heterocycles. The van der Waals surface area contributed by atoms with E-state index in [1.807, 2.05) is 36.4 Å². The summed E-state index contributed by atoms with van der Waals surface area (Å²) in [7, 11) is 0. The molecule has 2 heterocycles. The number of pyridine rings is 1. The van der Waals surface area contributed by atoms with Crippen LogP contribution in [0, 0.1) is 5.41 Å². The minimum Gasteiger partial charge on any atom is -0.506 e. The van der Waals surface area contributed by atoms with Gasteiger partial charge in [0, 0.05) is 39.7 Å². The van der Waals surface area contributed by atoms with Gasteiger partial charge < -0.3 is 16.2 Å². The van der Waals surface area contributed by atoms with Crippen LogP contribution in [0.4, 0.5) is 0 Å². The summed E-state index contributed by atoms with van der Waals surface area (Å²) in [6, 6.07) is 14.6. The summed E-state index contributed by atoms with van der Waals surface area (Å²) in [5.41, 5.74) is 9.59. The Kier molecular flexibility index (Phi) is 7.00. The lowest BCUT2D eigenvalue weighted by Gasteiger charge is -2.05. The van der Waals surface area contributed by atoms with Gasteiger partial charge in [-0.3, -0.25) is 9.97 Å². The second kappa shape index (κ2) is 9.87. The fraction of sp³-hybridized carbons (Fsp3) is 0. The van der Waals surface area contributed by atoms with Gasteiger partial charge in [-0.1, -0.05) is 23.7 Å². The summed E-state index contributed by atoms with van der Waals surface area (Å²) in [5, 5.41) is 17.6. The highest BCUT2D eigenvalue weighted by Gasteiger charge is 2.06. The Morgan fingerprint density at radius 1 is 1.03 bits per heavy atom. The Bertz CT molecular complexity index is 1210. The summed E-state index contributed by atoms with van der Waals surface area (Å²) < 4.78 is 0. The Morgan fingerprint density at radius 2 is 1.87 bits per heavy atom. The number of halogens is 1. The maximum atomic E-state index is 9.53. The SMILES string of the molecule is N=C/C(=C\N)c1cnc2ccc(-c3cncc(O)c3)cc2n1.Sc1cccc(Cl)c1. The van der Waals surface area contributed by atoms with Gasteiger partial charge in [0.1, 0.15) is 5.75 Å². The Balaban J connectivity index is 0.000000269. The van der Waals surface area contributed by atoms with Gasteiger partial charge in [-0.05, 0) is 42.0 Å². The zero-order valence-corrected chi connectivity index (χ0v) is 17.3. The highest BCUT2D eigenvalue weighted by molar-refractivity contribution is 7.80. The predicted octanol–water partition coefficient (Wildman–Crippen LogP) is 4.98. The largest absolute Gasteiger partial charge is 0.506 e. The van der Waals surface area contributed by atoms with Crippen molar-refractivity contribution in [1.82, 2.24) is 15.0 Å². The topological polar surface area (TPSA) is 109 Å².